The number of nitrogens with one attached hydrogen (secondary N) is 1. The van der Waals surface area contributed by atoms with Gasteiger partial charge in [0.1, 0.15) is 0 Å². The lowest BCUT2D eigenvalue weighted by Gasteiger charge is -2.20. The van der Waals surface area contributed by atoms with Crippen LogP contribution >= 0.6 is 22.7 Å². The van der Waals surface area contributed by atoms with Crippen molar-refractivity contribution in [1.29, 1.82) is 0 Å². The van der Waals surface area contributed by atoms with E-state index in [4.69, 9.17) is 0 Å². The van der Waals surface area contributed by atoms with Gasteiger partial charge < -0.3 is 5.32 Å². The molecule has 0 saturated heterocycles. The van der Waals surface area contributed by atoms with E-state index in [9.17, 15) is 4.79 Å². The molecule has 136 valence electrons. The van der Waals surface area contributed by atoms with Gasteiger partial charge in [-0.1, -0.05) is 44.2 Å². The molecule has 1 aliphatic rings. The number of anilines is 1. The summed E-state index contributed by atoms with van der Waals surface area (Å²) in [7, 11) is 0. The maximum absolute atomic E-state index is 12.2. The number of rotatable bonds is 6. The summed E-state index contributed by atoms with van der Waals surface area (Å²) in [6.45, 7) is 0. The molecule has 1 saturated carbocycles. The Bertz CT molecular complexity index is 877. The van der Waals surface area contributed by atoms with Gasteiger partial charge in [-0.05, 0) is 40.8 Å². The largest absolute Gasteiger partial charge is 0.302 e. The Morgan fingerprint density at radius 3 is 2.96 bits per heavy atom. The Balaban J connectivity index is 1.32. The van der Waals surface area contributed by atoms with Gasteiger partial charge in [0.15, 0.2) is 5.13 Å². The zero-order chi connectivity index (χ0) is 17.8. The highest BCUT2D eigenvalue weighted by molar-refractivity contribution is 7.17. The Kier molecular flexibility index (Phi) is 5.65. The second kappa shape index (κ2) is 8.31. The molecule has 2 aromatic heterocycles. The van der Waals surface area contributed by atoms with E-state index in [1.165, 1.54) is 52.6 Å². The van der Waals surface area contributed by atoms with E-state index >= 15 is 0 Å². The quantitative estimate of drug-likeness (QED) is 0.546. The zero-order valence-electron chi connectivity index (χ0n) is 14.9. The van der Waals surface area contributed by atoms with E-state index in [0.29, 0.717) is 6.42 Å². The lowest BCUT2D eigenvalue weighted by Crippen LogP contribution is -2.14. The van der Waals surface area contributed by atoms with E-state index in [2.05, 4.69) is 39.9 Å². The van der Waals surface area contributed by atoms with Gasteiger partial charge in [0.25, 0.3) is 0 Å². The molecule has 1 aromatic carbocycles. The first-order valence-electron chi connectivity index (χ1n) is 9.47. The molecular formula is C21H24N2OS2. The number of hydrogen-bond acceptors (Lipinski definition) is 4. The number of aromatic nitrogens is 1. The fourth-order valence-electron chi connectivity index (χ4n) is 3.84. The molecule has 0 spiro atoms. The molecule has 1 fully saturated rings. The van der Waals surface area contributed by atoms with E-state index in [0.717, 1.165) is 23.9 Å². The van der Waals surface area contributed by atoms with Crippen LogP contribution in [-0.2, 0) is 11.2 Å². The number of fused-ring (bicyclic) bond motifs is 1. The summed E-state index contributed by atoms with van der Waals surface area (Å²) in [5, 5.41) is 7.18. The van der Waals surface area contributed by atoms with Gasteiger partial charge in [0.05, 0.1) is 0 Å². The third kappa shape index (κ3) is 4.33. The smallest absolute Gasteiger partial charge is 0.226 e. The van der Waals surface area contributed by atoms with Gasteiger partial charge in [-0.25, -0.2) is 4.98 Å². The molecule has 0 unspecified atom stereocenters. The molecule has 1 N–H and O–H groups in total. The van der Waals surface area contributed by atoms with Gasteiger partial charge in [-0.2, -0.15) is 0 Å². The molecule has 0 aliphatic heterocycles. The molecule has 3 nitrogen and oxygen atoms in total. The molecule has 2 heterocycles. The number of benzene rings is 1. The van der Waals surface area contributed by atoms with Crippen molar-refractivity contribution in [3.8, 4) is 0 Å². The van der Waals surface area contributed by atoms with Crippen LogP contribution in [0.4, 0.5) is 5.13 Å². The van der Waals surface area contributed by atoms with Crippen LogP contribution in [0.1, 0.15) is 55.4 Å². The summed E-state index contributed by atoms with van der Waals surface area (Å²) >= 11 is 3.36. The van der Waals surface area contributed by atoms with E-state index < -0.39 is 0 Å². The van der Waals surface area contributed by atoms with Crippen molar-refractivity contribution in [2.24, 2.45) is 5.92 Å². The minimum atomic E-state index is 0.108. The Morgan fingerprint density at radius 2 is 2.08 bits per heavy atom. The van der Waals surface area contributed by atoms with Crippen molar-refractivity contribution in [2.75, 3.05) is 5.32 Å². The van der Waals surface area contributed by atoms with Crippen LogP contribution in [0.15, 0.2) is 35.8 Å². The van der Waals surface area contributed by atoms with Crippen molar-refractivity contribution in [2.45, 2.75) is 51.4 Å². The lowest BCUT2D eigenvalue weighted by molar-refractivity contribution is -0.116. The van der Waals surface area contributed by atoms with Crippen LogP contribution < -0.4 is 5.32 Å². The van der Waals surface area contributed by atoms with Crippen LogP contribution in [0.25, 0.3) is 10.1 Å². The third-order valence-electron chi connectivity index (χ3n) is 5.26. The topological polar surface area (TPSA) is 42.0 Å². The van der Waals surface area contributed by atoms with E-state index in [1.54, 1.807) is 22.7 Å². The number of carbonyl (C=O) groups excluding carboxylic acids is 1. The maximum atomic E-state index is 12.2. The predicted octanol–water partition coefficient (Wildman–Crippen LogP) is 6.25. The second-order valence-corrected chi connectivity index (χ2v) is 9.21. The van der Waals surface area contributed by atoms with E-state index in [-0.39, 0.29) is 5.91 Å². The number of carbonyl (C=O) groups is 1. The predicted molar refractivity (Wildman–Crippen MR) is 111 cm³/mol. The van der Waals surface area contributed by atoms with Crippen molar-refractivity contribution in [3.05, 3.63) is 46.3 Å². The first kappa shape index (κ1) is 17.7. The molecule has 4 rings (SSSR count). The summed E-state index contributed by atoms with van der Waals surface area (Å²) in [5.41, 5.74) is 1.32. The highest BCUT2D eigenvalue weighted by Gasteiger charge is 2.15. The molecule has 1 aliphatic carbocycles. The van der Waals surface area contributed by atoms with Gasteiger partial charge >= 0.3 is 0 Å². The average Bonchev–Trinajstić information content (AvgIpc) is 3.31. The van der Waals surface area contributed by atoms with Crippen LogP contribution in [0.5, 0.6) is 0 Å². The molecule has 3 aromatic rings. The summed E-state index contributed by atoms with van der Waals surface area (Å²) in [5.74, 6) is 0.851. The number of amides is 1. The van der Waals surface area contributed by atoms with Gasteiger partial charge in [0, 0.05) is 28.6 Å². The van der Waals surface area contributed by atoms with Crippen LogP contribution in [0.2, 0.25) is 0 Å². The summed E-state index contributed by atoms with van der Waals surface area (Å²) in [6, 6.07) is 8.64. The highest BCUT2D eigenvalue weighted by Crippen LogP contribution is 2.29. The van der Waals surface area contributed by atoms with Crippen LogP contribution in [0.3, 0.4) is 0 Å². The molecular weight excluding hydrogens is 360 g/mol. The average molecular weight is 385 g/mol. The van der Waals surface area contributed by atoms with Crippen molar-refractivity contribution in [3.63, 3.8) is 0 Å². The van der Waals surface area contributed by atoms with Crippen LogP contribution in [0, 0.1) is 5.92 Å². The molecule has 0 atom stereocenters. The summed E-state index contributed by atoms with van der Waals surface area (Å²) in [6.07, 6.45) is 11.0. The first-order chi connectivity index (χ1) is 12.8. The van der Waals surface area contributed by atoms with Crippen molar-refractivity contribution < 1.29 is 4.79 Å². The van der Waals surface area contributed by atoms with E-state index in [1.807, 2.05) is 6.20 Å². The molecule has 26 heavy (non-hydrogen) atoms. The maximum Gasteiger partial charge on any atom is 0.226 e. The minimum Gasteiger partial charge on any atom is -0.302 e. The summed E-state index contributed by atoms with van der Waals surface area (Å²) in [4.78, 5) is 17.8. The monoisotopic (exact) mass is 384 g/mol. The van der Waals surface area contributed by atoms with Crippen LogP contribution in [-0.4, -0.2) is 10.9 Å². The molecule has 5 heteroatoms. The normalized spacial score (nSPS) is 15.4. The van der Waals surface area contributed by atoms with Crippen molar-refractivity contribution in [1.82, 2.24) is 4.98 Å². The number of nitrogens with zero attached hydrogens (tertiary/aromatic N) is 1. The molecule has 0 radical (unpaired) electrons. The molecule has 1 amide bonds. The van der Waals surface area contributed by atoms with Crippen molar-refractivity contribution >= 4 is 43.8 Å². The van der Waals surface area contributed by atoms with Gasteiger partial charge in [-0.15, -0.1) is 22.7 Å². The highest BCUT2D eigenvalue weighted by atomic mass is 32.1. The standard InChI is InChI=1S/C21H24N2OS2/c24-20(10-9-15-5-2-1-3-6-15)23-21-22-14-17(26-21)13-16-7-4-8-19-18(16)11-12-25-19/h4,7-8,11-12,14-15H,1-3,5-6,9-10,13H2,(H,22,23,24). The Morgan fingerprint density at radius 1 is 1.19 bits per heavy atom. The third-order valence-corrected chi connectivity index (χ3v) is 7.05. The number of thiazole rings is 1. The Labute approximate surface area is 162 Å². The fraction of sp³-hybridized carbons (Fsp3) is 0.429. The summed E-state index contributed by atoms with van der Waals surface area (Å²) < 4.78 is 1.32. The number of hydrogen-bond donors (Lipinski definition) is 1. The fourth-order valence-corrected chi connectivity index (χ4v) is 5.52. The minimum absolute atomic E-state index is 0.108. The molecule has 0 bridgehead atoms. The number of thiophene rings is 1. The second-order valence-electron chi connectivity index (χ2n) is 7.15. The zero-order valence-corrected chi connectivity index (χ0v) is 16.5. The first-order valence-corrected chi connectivity index (χ1v) is 11.2. The van der Waals surface area contributed by atoms with Gasteiger partial charge in [0.2, 0.25) is 5.91 Å². The van der Waals surface area contributed by atoms with Gasteiger partial charge in [-0.3, -0.25) is 4.79 Å². The SMILES string of the molecule is O=C(CCC1CCCCC1)Nc1ncc(Cc2cccc3sccc23)s1. The Hall–Kier alpha value is -1.72. The lowest BCUT2D eigenvalue weighted by atomic mass is 9.86.